The van der Waals surface area contributed by atoms with Crippen molar-refractivity contribution in [1.29, 1.82) is 0 Å². The normalized spacial score (nSPS) is 10.3. The predicted octanol–water partition coefficient (Wildman–Crippen LogP) is 4.04. The molecule has 0 atom stereocenters. The largest absolute Gasteiger partial charge is 0.489 e. The summed E-state index contributed by atoms with van der Waals surface area (Å²) in [5.74, 6) is 0.335. The first kappa shape index (κ1) is 21.1. The molecule has 0 aliphatic heterocycles. The Labute approximate surface area is 177 Å². The van der Waals surface area contributed by atoms with E-state index in [4.69, 9.17) is 4.74 Å². The van der Waals surface area contributed by atoms with Gasteiger partial charge in [0.2, 0.25) is 5.91 Å². The fourth-order valence-electron chi connectivity index (χ4n) is 3.09. The van der Waals surface area contributed by atoms with Gasteiger partial charge >= 0.3 is 0 Å². The Bertz CT molecular complexity index is 958. The van der Waals surface area contributed by atoms with E-state index in [0.717, 1.165) is 16.9 Å². The highest BCUT2D eigenvalue weighted by Gasteiger charge is 2.16. The van der Waals surface area contributed by atoms with E-state index in [1.54, 1.807) is 17.0 Å². The lowest BCUT2D eigenvalue weighted by Crippen LogP contribution is -2.40. The highest BCUT2D eigenvalue weighted by atomic mass is 16.5. The lowest BCUT2D eigenvalue weighted by Gasteiger charge is -2.21. The molecule has 30 heavy (non-hydrogen) atoms. The lowest BCUT2D eigenvalue weighted by atomic mass is 10.1. The molecule has 0 saturated heterocycles. The van der Waals surface area contributed by atoms with Gasteiger partial charge in [0.15, 0.2) is 0 Å². The zero-order valence-corrected chi connectivity index (χ0v) is 17.1. The molecule has 0 spiro atoms. The van der Waals surface area contributed by atoms with Crippen molar-refractivity contribution in [1.82, 2.24) is 10.2 Å². The molecule has 0 saturated carbocycles. The van der Waals surface area contributed by atoms with Crippen LogP contribution in [-0.4, -0.2) is 29.8 Å². The van der Waals surface area contributed by atoms with Crippen molar-refractivity contribution >= 4 is 11.8 Å². The number of likely N-dealkylation sites (N-methyl/N-ethyl adjacent to an activating group) is 1. The number of carbonyl (C=O) groups is 2. The molecular formula is C25H26N2O3. The SMILES string of the molecule is CCN(Cc1ccccc1)C(=O)CNC(=O)c1ccccc1COc1ccccc1. The van der Waals surface area contributed by atoms with Crippen molar-refractivity contribution in [3.05, 3.63) is 102 Å². The Kier molecular flexibility index (Phi) is 7.61. The standard InChI is InChI=1S/C25H26N2O3/c1-2-27(18-20-11-5-3-6-12-20)24(28)17-26-25(29)23-16-10-9-13-21(23)19-30-22-14-7-4-8-15-22/h3-16H,2,17-19H2,1H3,(H,26,29). The van der Waals surface area contributed by atoms with Gasteiger partial charge in [-0.05, 0) is 30.7 Å². The molecular weight excluding hydrogens is 376 g/mol. The summed E-state index contributed by atoms with van der Waals surface area (Å²) in [4.78, 5) is 27.0. The summed E-state index contributed by atoms with van der Waals surface area (Å²) in [6.45, 7) is 3.25. The van der Waals surface area contributed by atoms with E-state index in [1.807, 2.05) is 79.7 Å². The first-order valence-electron chi connectivity index (χ1n) is 10.0. The molecule has 3 aromatic carbocycles. The van der Waals surface area contributed by atoms with E-state index in [9.17, 15) is 9.59 Å². The van der Waals surface area contributed by atoms with Gasteiger partial charge in [0.25, 0.3) is 5.91 Å². The summed E-state index contributed by atoms with van der Waals surface area (Å²) in [7, 11) is 0. The van der Waals surface area contributed by atoms with Crippen LogP contribution in [0.2, 0.25) is 0 Å². The minimum atomic E-state index is -0.286. The summed E-state index contributed by atoms with van der Waals surface area (Å²) in [5, 5.41) is 2.75. The maximum Gasteiger partial charge on any atom is 0.252 e. The topological polar surface area (TPSA) is 58.6 Å². The van der Waals surface area contributed by atoms with E-state index in [1.165, 1.54) is 0 Å². The van der Waals surface area contributed by atoms with Crippen molar-refractivity contribution in [2.75, 3.05) is 13.1 Å². The van der Waals surface area contributed by atoms with Gasteiger partial charge in [-0.25, -0.2) is 0 Å². The van der Waals surface area contributed by atoms with Crippen molar-refractivity contribution in [3.63, 3.8) is 0 Å². The Balaban J connectivity index is 1.58. The molecule has 154 valence electrons. The van der Waals surface area contributed by atoms with Gasteiger partial charge in [-0.3, -0.25) is 9.59 Å². The fourth-order valence-corrected chi connectivity index (χ4v) is 3.09. The zero-order valence-electron chi connectivity index (χ0n) is 17.1. The summed E-state index contributed by atoms with van der Waals surface area (Å²) in [5.41, 5.74) is 2.33. The van der Waals surface area contributed by atoms with Crippen LogP contribution < -0.4 is 10.1 Å². The maximum atomic E-state index is 12.7. The second-order valence-corrected chi connectivity index (χ2v) is 6.84. The number of benzene rings is 3. The van der Waals surface area contributed by atoms with Gasteiger partial charge in [-0.2, -0.15) is 0 Å². The summed E-state index contributed by atoms with van der Waals surface area (Å²) < 4.78 is 5.78. The van der Waals surface area contributed by atoms with Crippen molar-refractivity contribution in [2.45, 2.75) is 20.1 Å². The third kappa shape index (κ3) is 5.95. The van der Waals surface area contributed by atoms with Crippen LogP contribution in [0.4, 0.5) is 0 Å². The van der Waals surface area contributed by atoms with Crippen molar-refractivity contribution in [3.8, 4) is 5.75 Å². The van der Waals surface area contributed by atoms with Crippen LogP contribution in [0.5, 0.6) is 5.75 Å². The minimum Gasteiger partial charge on any atom is -0.489 e. The number of para-hydroxylation sites is 1. The third-order valence-electron chi connectivity index (χ3n) is 4.75. The quantitative estimate of drug-likeness (QED) is 0.588. The van der Waals surface area contributed by atoms with Gasteiger partial charge < -0.3 is 15.0 Å². The van der Waals surface area contributed by atoms with Gasteiger partial charge in [-0.15, -0.1) is 0 Å². The van der Waals surface area contributed by atoms with Gasteiger partial charge in [0.05, 0.1) is 6.54 Å². The number of ether oxygens (including phenoxy) is 1. The van der Waals surface area contributed by atoms with E-state index in [-0.39, 0.29) is 25.0 Å². The Morgan fingerprint density at radius 1 is 0.867 bits per heavy atom. The molecule has 0 aliphatic rings. The molecule has 0 unspecified atom stereocenters. The Morgan fingerprint density at radius 2 is 1.50 bits per heavy atom. The monoisotopic (exact) mass is 402 g/mol. The van der Waals surface area contributed by atoms with Crippen LogP contribution >= 0.6 is 0 Å². The van der Waals surface area contributed by atoms with Gasteiger partial charge in [-0.1, -0.05) is 66.7 Å². The second kappa shape index (κ2) is 10.8. The molecule has 1 N–H and O–H groups in total. The van der Waals surface area contributed by atoms with Crippen LogP contribution in [0.1, 0.15) is 28.4 Å². The van der Waals surface area contributed by atoms with E-state index in [2.05, 4.69) is 5.32 Å². The molecule has 0 aliphatic carbocycles. The molecule has 5 heteroatoms. The van der Waals surface area contributed by atoms with E-state index >= 15 is 0 Å². The fraction of sp³-hybridized carbons (Fsp3) is 0.200. The van der Waals surface area contributed by atoms with Crippen molar-refractivity contribution in [2.24, 2.45) is 0 Å². The molecule has 2 amide bonds. The highest BCUT2D eigenvalue weighted by Crippen LogP contribution is 2.15. The molecule has 3 aromatic rings. The van der Waals surface area contributed by atoms with E-state index in [0.29, 0.717) is 18.7 Å². The van der Waals surface area contributed by atoms with Crippen LogP contribution in [0.15, 0.2) is 84.9 Å². The molecule has 0 bridgehead atoms. The molecule has 3 rings (SSSR count). The van der Waals surface area contributed by atoms with Gasteiger partial charge in [0, 0.05) is 24.2 Å². The van der Waals surface area contributed by atoms with Crippen LogP contribution in [-0.2, 0) is 17.9 Å². The van der Waals surface area contributed by atoms with Crippen molar-refractivity contribution < 1.29 is 14.3 Å². The number of nitrogens with one attached hydrogen (secondary N) is 1. The summed E-state index contributed by atoms with van der Waals surface area (Å²) in [6, 6.07) is 26.5. The van der Waals surface area contributed by atoms with E-state index < -0.39 is 0 Å². The smallest absolute Gasteiger partial charge is 0.252 e. The van der Waals surface area contributed by atoms with Crippen LogP contribution in [0.3, 0.4) is 0 Å². The zero-order chi connectivity index (χ0) is 21.2. The average Bonchev–Trinajstić information content (AvgIpc) is 2.81. The first-order valence-corrected chi connectivity index (χ1v) is 10.0. The highest BCUT2D eigenvalue weighted by molar-refractivity contribution is 5.97. The molecule has 0 radical (unpaired) electrons. The molecule has 5 nitrogen and oxygen atoms in total. The third-order valence-corrected chi connectivity index (χ3v) is 4.75. The molecule has 0 heterocycles. The minimum absolute atomic E-state index is 0.0482. The predicted molar refractivity (Wildman–Crippen MR) is 117 cm³/mol. The number of rotatable bonds is 9. The van der Waals surface area contributed by atoms with Gasteiger partial charge in [0.1, 0.15) is 12.4 Å². The lowest BCUT2D eigenvalue weighted by molar-refractivity contribution is -0.130. The van der Waals surface area contributed by atoms with Crippen LogP contribution in [0.25, 0.3) is 0 Å². The first-order chi connectivity index (χ1) is 14.7. The van der Waals surface area contributed by atoms with Crippen LogP contribution in [0, 0.1) is 0 Å². The Hall–Kier alpha value is -3.60. The maximum absolute atomic E-state index is 12.7. The number of nitrogens with zero attached hydrogens (tertiary/aromatic N) is 1. The number of hydrogen-bond acceptors (Lipinski definition) is 3. The molecule has 0 aromatic heterocycles. The number of amides is 2. The average molecular weight is 402 g/mol. The second-order valence-electron chi connectivity index (χ2n) is 6.84. The number of carbonyl (C=O) groups excluding carboxylic acids is 2. The summed E-state index contributed by atoms with van der Waals surface area (Å²) in [6.07, 6.45) is 0. The summed E-state index contributed by atoms with van der Waals surface area (Å²) >= 11 is 0. The Morgan fingerprint density at radius 3 is 2.20 bits per heavy atom. The molecule has 0 fully saturated rings. The number of hydrogen-bond donors (Lipinski definition) is 1.